The molecule has 0 bridgehead atoms. The Labute approximate surface area is 327 Å². The lowest BCUT2D eigenvalue weighted by Gasteiger charge is -2.39. The monoisotopic (exact) mass is 825 g/mol. The average Bonchev–Trinajstić information content (AvgIpc) is 3.64. The summed E-state index contributed by atoms with van der Waals surface area (Å²) in [5.74, 6) is -3.09. The molecule has 0 radical (unpaired) electrons. The van der Waals surface area contributed by atoms with Gasteiger partial charge in [0.15, 0.2) is 0 Å². The largest absolute Gasteiger partial charge is 0.488 e. The second-order valence-corrected chi connectivity index (χ2v) is 17.2. The fraction of sp³-hybridized carbons (Fsp3) is 0.237. The number of ether oxygens (including phenoxy) is 1. The van der Waals surface area contributed by atoms with Crippen LogP contribution in [0.2, 0.25) is 5.02 Å². The molecule has 18 heteroatoms. The summed E-state index contributed by atoms with van der Waals surface area (Å²) in [5, 5.41) is 24.4. The Bertz CT molecular complexity index is 2440. The SMILES string of the molecule is O=C(O)c1cc(CN2CC(Oc3ccc(NS(=O)(=O)c4cnn(-c5ccc(F)cc5)c4)c(C(=O)O)c3)C2)ccc1NS(=O)(=O)CCCCCc1ccc(Cl)cc1. The standard InChI is InChI=1S/C38H37ClFN5O9S2/c39-27-8-5-25(6-9-27)4-2-1-3-17-55(50,51)42-35-15-7-26(18-33(35)37(46)47)21-44-22-31(23-44)54-30-14-16-36(34(19-30)38(48)49)43-56(52,53)32-20-41-45(24-32)29-12-10-28(40)11-13-29/h5-16,18-20,24,31,42-43H,1-4,17,21-23H2,(H,46,47)(H,48,49). The average molecular weight is 826 g/mol. The molecule has 4 aromatic carbocycles. The van der Waals surface area contributed by atoms with Crippen LogP contribution in [0.15, 0.2) is 102 Å². The fourth-order valence-electron chi connectivity index (χ4n) is 6.05. The number of hydrogen-bond donors (Lipinski definition) is 4. The van der Waals surface area contributed by atoms with Crippen LogP contribution >= 0.6 is 11.6 Å². The van der Waals surface area contributed by atoms with Gasteiger partial charge in [0.25, 0.3) is 10.0 Å². The number of aromatic nitrogens is 2. The number of hydrogen-bond acceptors (Lipinski definition) is 9. The minimum atomic E-state index is -4.26. The summed E-state index contributed by atoms with van der Waals surface area (Å²) in [6.07, 6.45) is 4.64. The predicted octanol–water partition coefficient (Wildman–Crippen LogP) is 6.28. The van der Waals surface area contributed by atoms with Crippen molar-refractivity contribution in [3.8, 4) is 11.4 Å². The summed E-state index contributed by atoms with van der Waals surface area (Å²) in [4.78, 5) is 25.9. The second kappa shape index (κ2) is 17.1. The number of anilines is 2. The van der Waals surface area contributed by atoms with E-state index >= 15 is 0 Å². The minimum absolute atomic E-state index is 0.0210. The van der Waals surface area contributed by atoms with Crippen molar-refractivity contribution in [1.82, 2.24) is 14.7 Å². The number of nitrogens with one attached hydrogen (secondary N) is 2. The van der Waals surface area contributed by atoms with E-state index in [-0.39, 0.29) is 45.0 Å². The Morgan fingerprint density at radius 3 is 2.16 bits per heavy atom. The van der Waals surface area contributed by atoms with Gasteiger partial charge in [-0.25, -0.2) is 35.5 Å². The third kappa shape index (κ3) is 10.4. The maximum atomic E-state index is 13.3. The number of halogens is 2. The predicted molar refractivity (Wildman–Crippen MR) is 207 cm³/mol. The van der Waals surface area contributed by atoms with Crippen LogP contribution in [0.3, 0.4) is 0 Å². The molecule has 6 rings (SSSR count). The number of aryl methyl sites for hydroxylation is 1. The molecule has 0 amide bonds. The smallest absolute Gasteiger partial charge is 0.337 e. The fourth-order valence-corrected chi connectivity index (χ4v) is 8.38. The molecule has 0 atom stereocenters. The van der Waals surface area contributed by atoms with Gasteiger partial charge >= 0.3 is 11.9 Å². The summed E-state index contributed by atoms with van der Waals surface area (Å²) in [5.41, 5.74) is 1.43. The van der Waals surface area contributed by atoms with E-state index in [1.165, 1.54) is 65.5 Å². The molecule has 1 aromatic heterocycles. The van der Waals surface area contributed by atoms with Crippen molar-refractivity contribution in [2.45, 2.75) is 43.2 Å². The van der Waals surface area contributed by atoms with Crippen LogP contribution in [-0.4, -0.2) is 78.6 Å². The number of nitrogens with zero attached hydrogens (tertiary/aromatic N) is 3. The van der Waals surface area contributed by atoms with Crippen molar-refractivity contribution in [3.63, 3.8) is 0 Å². The number of unbranched alkanes of at least 4 members (excludes halogenated alkanes) is 2. The normalized spacial score (nSPS) is 13.5. The number of carboxylic acids is 2. The molecule has 4 N–H and O–H groups in total. The van der Waals surface area contributed by atoms with Crippen LogP contribution < -0.4 is 14.2 Å². The molecule has 1 fully saturated rings. The van der Waals surface area contributed by atoms with Crippen molar-refractivity contribution in [2.24, 2.45) is 0 Å². The van der Waals surface area contributed by atoms with E-state index in [0.29, 0.717) is 48.7 Å². The van der Waals surface area contributed by atoms with Crippen molar-refractivity contribution in [1.29, 1.82) is 0 Å². The molecule has 56 heavy (non-hydrogen) atoms. The van der Waals surface area contributed by atoms with E-state index in [1.807, 2.05) is 29.2 Å². The summed E-state index contributed by atoms with van der Waals surface area (Å²) in [7, 11) is -8.05. The molecule has 2 heterocycles. The Morgan fingerprint density at radius 1 is 0.821 bits per heavy atom. The minimum Gasteiger partial charge on any atom is -0.488 e. The maximum Gasteiger partial charge on any atom is 0.337 e. The zero-order valence-electron chi connectivity index (χ0n) is 29.6. The van der Waals surface area contributed by atoms with Gasteiger partial charge in [-0.15, -0.1) is 0 Å². The third-order valence-corrected chi connectivity index (χ3v) is 11.9. The van der Waals surface area contributed by atoms with Crippen LogP contribution in [0.4, 0.5) is 15.8 Å². The van der Waals surface area contributed by atoms with Gasteiger partial charge in [0.05, 0.1) is 46.3 Å². The Hall–Kier alpha value is -5.49. The number of carbonyl (C=O) groups is 2. The van der Waals surface area contributed by atoms with Gasteiger partial charge in [-0.05, 0) is 97.1 Å². The van der Waals surface area contributed by atoms with Crippen molar-refractivity contribution >= 4 is 55.0 Å². The number of sulfonamides is 2. The first-order valence-corrected chi connectivity index (χ1v) is 20.9. The highest BCUT2D eigenvalue weighted by molar-refractivity contribution is 7.93. The van der Waals surface area contributed by atoms with Crippen molar-refractivity contribution in [3.05, 3.63) is 130 Å². The molecule has 0 unspecified atom stereocenters. The lowest BCUT2D eigenvalue weighted by atomic mass is 10.1. The summed E-state index contributed by atoms with van der Waals surface area (Å²) >= 11 is 5.91. The van der Waals surface area contributed by atoms with Gasteiger partial charge < -0.3 is 14.9 Å². The van der Waals surface area contributed by atoms with Gasteiger partial charge in [0.2, 0.25) is 10.0 Å². The summed E-state index contributed by atoms with van der Waals surface area (Å²) in [6.45, 7) is 1.19. The second-order valence-electron chi connectivity index (χ2n) is 13.2. The summed E-state index contributed by atoms with van der Waals surface area (Å²) in [6, 6.07) is 21.2. The van der Waals surface area contributed by atoms with E-state index in [4.69, 9.17) is 16.3 Å². The first-order valence-electron chi connectivity index (χ1n) is 17.3. The highest BCUT2D eigenvalue weighted by atomic mass is 35.5. The lowest BCUT2D eigenvalue weighted by molar-refractivity contribution is 0.0144. The van der Waals surface area contributed by atoms with E-state index < -0.39 is 37.8 Å². The first-order chi connectivity index (χ1) is 26.6. The Kier molecular flexibility index (Phi) is 12.3. The van der Waals surface area contributed by atoms with E-state index in [0.717, 1.165) is 24.6 Å². The zero-order chi connectivity index (χ0) is 40.0. The number of aromatic carboxylic acids is 2. The van der Waals surface area contributed by atoms with Crippen molar-refractivity contribution in [2.75, 3.05) is 28.3 Å². The number of benzene rings is 4. The van der Waals surface area contributed by atoms with Gasteiger partial charge in [0, 0.05) is 24.7 Å². The van der Waals surface area contributed by atoms with Crippen LogP contribution in [0, 0.1) is 5.82 Å². The zero-order valence-corrected chi connectivity index (χ0v) is 32.0. The van der Waals surface area contributed by atoms with Gasteiger partial charge in [-0.2, -0.15) is 5.10 Å². The highest BCUT2D eigenvalue weighted by Gasteiger charge is 2.30. The quantitative estimate of drug-likeness (QED) is 0.0726. The van der Waals surface area contributed by atoms with Gasteiger partial charge in [-0.1, -0.05) is 36.2 Å². The molecule has 0 saturated carbocycles. The molecule has 1 saturated heterocycles. The van der Waals surface area contributed by atoms with E-state index in [1.54, 1.807) is 6.07 Å². The molecule has 1 aliphatic heterocycles. The van der Waals surface area contributed by atoms with Crippen LogP contribution in [0.1, 0.15) is 51.1 Å². The molecule has 294 valence electrons. The maximum absolute atomic E-state index is 13.3. The van der Waals surface area contributed by atoms with Gasteiger partial charge in [-0.3, -0.25) is 14.3 Å². The first kappa shape index (κ1) is 40.2. The topological polar surface area (TPSA) is 197 Å². The summed E-state index contributed by atoms with van der Waals surface area (Å²) < 4.78 is 77.0. The molecule has 5 aromatic rings. The molecule has 14 nitrogen and oxygen atoms in total. The molecule has 1 aliphatic rings. The van der Waals surface area contributed by atoms with Gasteiger partial charge in [0.1, 0.15) is 22.6 Å². The molecular formula is C38H37ClFN5O9S2. The van der Waals surface area contributed by atoms with Crippen molar-refractivity contribution < 1.29 is 45.8 Å². The van der Waals surface area contributed by atoms with Crippen LogP contribution in [0.25, 0.3) is 5.69 Å². The molecule has 0 spiro atoms. The molecular weight excluding hydrogens is 789 g/mol. The van der Waals surface area contributed by atoms with E-state index in [9.17, 15) is 41.0 Å². The third-order valence-electron chi connectivity index (χ3n) is 8.93. The molecule has 0 aliphatic carbocycles. The van der Waals surface area contributed by atoms with Crippen LogP contribution in [-0.2, 0) is 33.0 Å². The highest BCUT2D eigenvalue weighted by Crippen LogP contribution is 2.28. The number of likely N-dealkylation sites (tertiary alicyclic amines) is 1. The van der Waals surface area contributed by atoms with E-state index in [2.05, 4.69) is 14.5 Å². The Balaban J connectivity index is 1.000. The number of carboxylic acid groups (broad SMARTS) is 2. The number of rotatable bonds is 18. The van der Waals surface area contributed by atoms with Crippen LogP contribution in [0.5, 0.6) is 5.75 Å². The lowest BCUT2D eigenvalue weighted by Crippen LogP contribution is -2.53. The Morgan fingerprint density at radius 2 is 1.46 bits per heavy atom.